The Labute approximate surface area is 147 Å². The van der Waals surface area contributed by atoms with E-state index in [1.54, 1.807) is 41.5 Å². The van der Waals surface area contributed by atoms with Crippen molar-refractivity contribution in [2.75, 3.05) is 0 Å². The molecule has 0 aliphatic carbocycles. The molecule has 0 aliphatic heterocycles. The second kappa shape index (κ2) is 6.40. The molecule has 25 heavy (non-hydrogen) atoms. The molecular formula is C17H14N6OS. The van der Waals surface area contributed by atoms with Crippen LogP contribution in [0.25, 0.3) is 22.2 Å². The zero-order valence-electron chi connectivity index (χ0n) is 13.4. The second-order valence-electron chi connectivity index (χ2n) is 5.63. The molecule has 7 nitrogen and oxygen atoms in total. The normalized spacial score (nSPS) is 10.9. The van der Waals surface area contributed by atoms with E-state index in [0.29, 0.717) is 12.1 Å². The molecule has 0 spiro atoms. The molecule has 1 N–H and O–H groups in total. The third-order valence-corrected chi connectivity index (χ3v) is 4.36. The maximum Gasteiger partial charge on any atom is 0.251 e. The molecule has 1 amide bonds. The zero-order valence-corrected chi connectivity index (χ0v) is 14.2. The summed E-state index contributed by atoms with van der Waals surface area (Å²) in [5.41, 5.74) is 4.98. The van der Waals surface area contributed by atoms with E-state index in [2.05, 4.69) is 24.1 Å². The first-order valence-corrected chi connectivity index (χ1v) is 8.35. The van der Waals surface area contributed by atoms with E-state index in [0.717, 1.165) is 39.5 Å². The van der Waals surface area contributed by atoms with Crippen LogP contribution in [0.1, 0.15) is 15.9 Å². The molecule has 0 atom stereocenters. The number of benzene rings is 1. The van der Waals surface area contributed by atoms with Gasteiger partial charge in [0.1, 0.15) is 11.0 Å². The summed E-state index contributed by atoms with van der Waals surface area (Å²) in [5, 5.41) is 7.08. The Kier molecular flexibility index (Phi) is 3.95. The summed E-state index contributed by atoms with van der Waals surface area (Å²) in [4.78, 5) is 16.6. The van der Waals surface area contributed by atoms with Crippen molar-refractivity contribution in [3.63, 3.8) is 0 Å². The molecule has 8 heteroatoms. The van der Waals surface area contributed by atoms with Crippen LogP contribution >= 0.6 is 11.7 Å². The molecule has 0 saturated carbocycles. The number of nitrogens with zero attached hydrogens (tertiary/aromatic N) is 5. The van der Waals surface area contributed by atoms with Gasteiger partial charge in [-0.1, -0.05) is 0 Å². The Morgan fingerprint density at radius 2 is 2.00 bits per heavy atom. The van der Waals surface area contributed by atoms with Crippen LogP contribution in [-0.4, -0.2) is 29.4 Å². The van der Waals surface area contributed by atoms with Crippen molar-refractivity contribution >= 4 is 28.7 Å². The summed E-state index contributed by atoms with van der Waals surface area (Å²) in [6.07, 6.45) is 7.24. The van der Waals surface area contributed by atoms with Gasteiger partial charge in [-0.25, -0.2) is 0 Å². The molecular weight excluding hydrogens is 336 g/mol. The van der Waals surface area contributed by atoms with Crippen LogP contribution in [-0.2, 0) is 13.6 Å². The van der Waals surface area contributed by atoms with Crippen LogP contribution in [0.2, 0.25) is 0 Å². The number of carbonyl (C=O) groups excluding carboxylic acids is 1. The Bertz CT molecular complexity index is 1050. The average Bonchev–Trinajstić information content (AvgIpc) is 3.28. The lowest BCUT2D eigenvalue weighted by Crippen LogP contribution is -2.22. The van der Waals surface area contributed by atoms with Crippen molar-refractivity contribution in [1.29, 1.82) is 0 Å². The predicted molar refractivity (Wildman–Crippen MR) is 95.0 cm³/mol. The maximum atomic E-state index is 12.4. The van der Waals surface area contributed by atoms with Crippen molar-refractivity contribution in [1.82, 2.24) is 28.8 Å². The number of carbonyl (C=O) groups is 1. The molecule has 0 bridgehead atoms. The fraction of sp³-hybridized carbons (Fsp3) is 0.118. The third kappa shape index (κ3) is 3.24. The number of aromatic nitrogens is 5. The Morgan fingerprint density at radius 1 is 1.12 bits per heavy atom. The molecule has 0 unspecified atom stereocenters. The minimum atomic E-state index is -0.151. The highest BCUT2D eigenvalue weighted by Gasteiger charge is 2.09. The summed E-state index contributed by atoms with van der Waals surface area (Å²) in [6, 6.07) is 7.30. The van der Waals surface area contributed by atoms with E-state index in [-0.39, 0.29) is 5.91 Å². The van der Waals surface area contributed by atoms with Crippen LogP contribution in [0.15, 0.2) is 49.1 Å². The van der Waals surface area contributed by atoms with Crippen molar-refractivity contribution < 1.29 is 4.79 Å². The van der Waals surface area contributed by atoms with Crippen LogP contribution in [0.3, 0.4) is 0 Å². The number of rotatable bonds is 4. The van der Waals surface area contributed by atoms with E-state index in [4.69, 9.17) is 0 Å². The number of amides is 1. The van der Waals surface area contributed by atoms with Gasteiger partial charge < -0.3 is 5.32 Å². The highest BCUT2D eigenvalue weighted by molar-refractivity contribution is 7.00. The minimum absolute atomic E-state index is 0.151. The van der Waals surface area contributed by atoms with E-state index < -0.39 is 0 Å². The smallest absolute Gasteiger partial charge is 0.251 e. The highest BCUT2D eigenvalue weighted by Crippen LogP contribution is 2.18. The van der Waals surface area contributed by atoms with Crippen LogP contribution in [0.4, 0.5) is 0 Å². The zero-order chi connectivity index (χ0) is 17.2. The number of nitrogens with one attached hydrogen (secondary N) is 1. The van der Waals surface area contributed by atoms with Crippen LogP contribution in [0.5, 0.6) is 0 Å². The first kappa shape index (κ1) is 15.4. The Balaban J connectivity index is 1.48. The van der Waals surface area contributed by atoms with Gasteiger partial charge in [0.2, 0.25) is 0 Å². The number of hydrogen-bond acceptors (Lipinski definition) is 6. The molecule has 0 saturated heterocycles. The topological polar surface area (TPSA) is 85.6 Å². The molecule has 0 aliphatic rings. The van der Waals surface area contributed by atoms with Gasteiger partial charge in [-0.15, -0.1) is 0 Å². The van der Waals surface area contributed by atoms with E-state index in [1.165, 1.54) is 0 Å². The van der Waals surface area contributed by atoms with Crippen LogP contribution in [0, 0.1) is 0 Å². The van der Waals surface area contributed by atoms with Gasteiger partial charge in [0, 0.05) is 48.9 Å². The van der Waals surface area contributed by atoms with Gasteiger partial charge in [0.25, 0.3) is 5.91 Å². The van der Waals surface area contributed by atoms with Gasteiger partial charge in [-0.05, 0) is 29.8 Å². The molecule has 4 aromatic rings. The Hall–Kier alpha value is -3.13. The number of hydrogen-bond donors (Lipinski definition) is 1. The van der Waals surface area contributed by atoms with Crippen molar-refractivity contribution in [3.8, 4) is 11.1 Å². The molecule has 3 heterocycles. The second-order valence-corrected chi connectivity index (χ2v) is 6.16. The number of fused-ring (bicyclic) bond motifs is 1. The lowest BCUT2D eigenvalue weighted by molar-refractivity contribution is 0.0951. The maximum absolute atomic E-state index is 12.4. The van der Waals surface area contributed by atoms with E-state index in [9.17, 15) is 4.79 Å². The average molecular weight is 350 g/mol. The first-order valence-electron chi connectivity index (χ1n) is 7.62. The molecule has 0 fully saturated rings. The summed E-state index contributed by atoms with van der Waals surface area (Å²) >= 11 is 1.14. The molecule has 0 radical (unpaired) electrons. The third-order valence-electron chi connectivity index (χ3n) is 3.80. The van der Waals surface area contributed by atoms with Crippen molar-refractivity contribution in [3.05, 3.63) is 60.2 Å². The fourth-order valence-electron chi connectivity index (χ4n) is 2.52. The number of aryl methyl sites for hydroxylation is 1. The largest absolute Gasteiger partial charge is 0.348 e. The van der Waals surface area contributed by atoms with Gasteiger partial charge in [-0.2, -0.15) is 13.8 Å². The molecule has 3 aromatic heterocycles. The lowest BCUT2D eigenvalue weighted by Gasteiger charge is -2.06. The molecule has 4 rings (SSSR count). The highest BCUT2D eigenvalue weighted by atomic mass is 32.1. The predicted octanol–water partition coefficient (Wildman–Crippen LogP) is 2.42. The molecule has 1 aromatic carbocycles. The van der Waals surface area contributed by atoms with Gasteiger partial charge in [0.15, 0.2) is 0 Å². The van der Waals surface area contributed by atoms with E-state index >= 15 is 0 Å². The van der Waals surface area contributed by atoms with Gasteiger partial charge in [-0.3, -0.25) is 14.5 Å². The fourth-order valence-corrected chi connectivity index (χ4v) is 3.04. The number of pyridine rings is 1. The van der Waals surface area contributed by atoms with Crippen LogP contribution < -0.4 is 5.32 Å². The minimum Gasteiger partial charge on any atom is -0.348 e. The summed E-state index contributed by atoms with van der Waals surface area (Å²) in [5.74, 6) is -0.151. The SMILES string of the molecule is Cn1cc(-c2cncc(CNC(=O)c3ccc4nsnc4c3)c2)cn1. The standard InChI is InChI=1S/C17H14N6OS/c1-23-10-14(9-20-23)13-4-11(6-18-8-13)7-19-17(24)12-2-3-15-16(5-12)22-25-21-15/h2-6,8-10H,7H2,1H3,(H,19,24). The van der Waals surface area contributed by atoms with E-state index in [1.807, 2.05) is 19.3 Å². The molecule has 124 valence electrons. The summed E-state index contributed by atoms with van der Waals surface area (Å²) < 4.78 is 10.0. The quantitative estimate of drug-likeness (QED) is 0.611. The monoisotopic (exact) mass is 350 g/mol. The lowest BCUT2D eigenvalue weighted by atomic mass is 10.1. The van der Waals surface area contributed by atoms with Crippen molar-refractivity contribution in [2.45, 2.75) is 6.54 Å². The Morgan fingerprint density at radius 3 is 2.84 bits per heavy atom. The summed E-state index contributed by atoms with van der Waals surface area (Å²) in [7, 11) is 1.87. The summed E-state index contributed by atoms with van der Waals surface area (Å²) in [6.45, 7) is 0.396. The van der Waals surface area contributed by atoms with Gasteiger partial charge in [0.05, 0.1) is 17.9 Å². The van der Waals surface area contributed by atoms with Gasteiger partial charge >= 0.3 is 0 Å². The van der Waals surface area contributed by atoms with Crippen molar-refractivity contribution in [2.24, 2.45) is 7.05 Å². The first-order chi connectivity index (χ1) is 12.2.